The zero-order chi connectivity index (χ0) is 13.1. The Hall–Kier alpha value is -1.15. The van der Waals surface area contributed by atoms with Gasteiger partial charge in [-0.3, -0.25) is 4.79 Å². The molecule has 0 bridgehead atoms. The molecule has 2 atom stereocenters. The fraction of sp³-hybridized carbons (Fsp3) is 0.562. The lowest BCUT2D eigenvalue weighted by Gasteiger charge is -2.12. The van der Waals surface area contributed by atoms with E-state index in [0.717, 1.165) is 30.4 Å². The normalized spacial score (nSPS) is 23.3. The quantitative estimate of drug-likeness (QED) is 0.761. The summed E-state index contributed by atoms with van der Waals surface area (Å²) >= 11 is 0. The fourth-order valence-electron chi connectivity index (χ4n) is 2.60. The molecule has 2 unspecified atom stereocenters. The predicted octanol–water partition coefficient (Wildman–Crippen LogP) is 3.42. The summed E-state index contributed by atoms with van der Waals surface area (Å²) < 4.78 is 5.52. The summed E-state index contributed by atoms with van der Waals surface area (Å²) in [5, 5.41) is 0. The van der Waals surface area contributed by atoms with E-state index in [0.29, 0.717) is 6.61 Å². The standard InChI is InChI=1S/C16H22O2/c1-4-12-6-7-13(5-2)15(9-12)16(17)14-8-11(3)18-10-14/h6-7,9,11,14H,4-5,8,10H2,1-3H3. The molecule has 18 heavy (non-hydrogen) atoms. The summed E-state index contributed by atoms with van der Waals surface area (Å²) in [6.07, 6.45) is 2.97. The second-order valence-electron chi connectivity index (χ2n) is 5.14. The number of ketones is 1. The third-order valence-corrected chi connectivity index (χ3v) is 3.80. The molecule has 1 heterocycles. The lowest BCUT2D eigenvalue weighted by molar-refractivity contribution is 0.0876. The molecular weight excluding hydrogens is 224 g/mol. The number of carbonyl (C=O) groups is 1. The van der Waals surface area contributed by atoms with Crippen LogP contribution in [0.2, 0.25) is 0 Å². The van der Waals surface area contributed by atoms with E-state index in [1.807, 2.05) is 6.92 Å². The maximum absolute atomic E-state index is 12.6. The Morgan fingerprint density at radius 1 is 1.33 bits per heavy atom. The Bertz CT molecular complexity index is 437. The summed E-state index contributed by atoms with van der Waals surface area (Å²) in [6, 6.07) is 6.30. The van der Waals surface area contributed by atoms with Gasteiger partial charge in [-0.1, -0.05) is 26.0 Å². The molecule has 1 aliphatic rings. The van der Waals surface area contributed by atoms with Gasteiger partial charge in [-0.05, 0) is 43.4 Å². The third kappa shape index (κ3) is 2.64. The summed E-state index contributed by atoms with van der Waals surface area (Å²) in [6.45, 7) is 6.84. The van der Waals surface area contributed by atoms with Gasteiger partial charge in [0, 0.05) is 11.5 Å². The smallest absolute Gasteiger partial charge is 0.168 e. The molecule has 1 aromatic rings. The van der Waals surface area contributed by atoms with Gasteiger partial charge >= 0.3 is 0 Å². The van der Waals surface area contributed by atoms with Crippen molar-refractivity contribution >= 4 is 5.78 Å². The first-order chi connectivity index (χ1) is 8.65. The minimum atomic E-state index is 0.0532. The van der Waals surface area contributed by atoms with Crippen molar-refractivity contribution in [1.29, 1.82) is 0 Å². The van der Waals surface area contributed by atoms with Gasteiger partial charge in [0.1, 0.15) is 0 Å². The van der Waals surface area contributed by atoms with Gasteiger partial charge in [-0.25, -0.2) is 0 Å². The molecule has 0 aromatic heterocycles. The fourth-order valence-corrected chi connectivity index (χ4v) is 2.60. The zero-order valence-electron chi connectivity index (χ0n) is 11.5. The van der Waals surface area contributed by atoms with Crippen molar-refractivity contribution in [3.63, 3.8) is 0 Å². The van der Waals surface area contributed by atoms with Crippen LogP contribution < -0.4 is 0 Å². The molecule has 1 aromatic carbocycles. The van der Waals surface area contributed by atoms with E-state index < -0.39 is 0 Å². The largest absolute Gasteiger partial charge is 0.378 e. The van der Waals surface area contributed by atoms with Gasteiger partial charge in [0.15, 0.2) is 5.78 Å². The van der Waals surface area contributed by atoms with Crippen LogP contribution in [-0.4, -0.2) is 18.5 Å². The van der Waals surface area contributed by atoms with Crippen LogP contribution in [0.15, 0.2) is 18.2 Å². The van der Waals surface area contributed by atoms with Gasteiger partial charge in [-0.15, -0.1) is 0 Å². The lowest BCUT2D eigenvalue weighted by Crippen LogP contribution is -2.17. The second kappa shape index (κ2) is 5.66. The number of ether oxygens (including phenoxy) is 1. The third-order valence-electron chi connectivity index (χ3n) is 3.80. The lowest BCUT2D eigenvalue weighted by atomic mass is 9.90. The predicted molar refractivity (Wildman–Crippen MR) is 73.0 cm³/mol. The molecular formula is C16H22O2. The molecule has 1 aliphatic heterocycles. The van der Waals surface area contributed by atoms with Gasteiger partial charge in [0.25, 0.3) is 0 Å². The molecule has 98 valence electrons. The molecule has 0 amide bonds. The molecule has 0 spiro atoms. The Morgan fingerprint density at radius 2 is 2.11 bits per heavy atom. The van der Waals surface area contributed by atoms with Crippen molar-refractivity contribution in [2.24, 2.45) is 5.92 Å². The molecule has 0 aliphatic carbocycles. The van der Waals surface area contributed by atoms with Crippen molar-refractivity contribution in [3.05, 3.63) is 34.9 Å². The van der Waals surface area contributed by atoms with Crippen LogP contribution >= 0.6 is 0 Å². The van der Waals surface area contributed by atoms with Crippen LogP contribution in [0, 0.1) is 5.92 Å². The van der Waals surface area contributed by atoms with Gasteiger partial charge in [0.05, 0.1) is 12.7 Å². The monoisotopic (exact) mass is 246 g/mol. The number of aryl methyl sites for hydroxylation is 2. The molecule has 0 radical (unpaired) electrons. The first kappa shape index (κ1) is 13.3. The summed E-state index contributed by atoms with van der Waals surface area (Å²) in [5.41, 5.74) is 3.32. The summed E-state index contributed by atoms with van der Waals surface area (Å²) in [5.74, 6) is 0.323. The van der Waals surface area contributed by atoms with Gasteiger partial charge < -0.3 is 4.74 Å². The van der Waals surface area contributed by atoms with Crippen molar-refractivity contribution in [1.82, 2.24) is 0 Å². The van der Waals surface area contributed by atoms with Crippen molar-refractivity contribution in [2.45, 2.75) is 46.1 Å². The highest BCUT2D eigenvalue weighted by atomic mass is 16.5. The zero-order valence-corrected chi connectivity index (χ0v) is 11.5. The van der Waals surface area contributed by atoms with Crippen LogP contribution in [0.3, 0.4) is 0 Å². The second-order valence-corrected chi connectivity index (χ2v) is 5.14. The van der Waals surface area contributed by atoms with Crippen molar-refractivity contribution in [2.75, 3.05) is 6.61 Å². The minimum absolute atomic E-state index is 0.0532. The molecule has 0 N–H and O–H groups in total. The van der Waals surface area contributed by atoms with E-state index in [1.54, 1.807) is 0 Å². The van der Waals surface area contributed by atoms with E-state index >= 15 is 0 Å². The average Bonchev–Trinajstić information content (AvgIpc) is 2.83. The van der Waals surface area contributed by atoms with E-state index in [2.05, 4.69) is 32.0 Å². The Kier molecular flexibility index (Phi) is 4.18. The van der Waals surface area contributed by atoms with Crippen LogP contribution in [0.5, 0.6) is 0 Å². The summed E-state index contributed by atoms with van der Waals surface area (Å²) in [7, 11) is 0. The number of hydrogen-bond acceptors (Lipinski definition) is 2. The highest BCUT2D eigenvalue weighted by molar-refractivity contribution is 5.99. The first-order valence-corrected chi connectivity index (χ1v) is 6.93. The van der Waals surface area contributed by atoms with Gasteiger partial charge in [-0.2, -0.15) is 0 Å². The first-order valence-electron chi connectivity index (χ1n) is 6.93. The number of carbonyl (C=O) groups excluding carboxylic acids is 1. The highest BCUT2D eigenvalue weighted by Gasteiger charge is 2.29. The maximum Gasteiger partial charge on any atom is 0.168 e. The van der Waals surface area contributed by atoms with Crippen LogP contribution in [0.25, 0.3) is 0 Å². The van der Waals surface area contributed by atoms with Crippen LogP contribution in [0.4, 0.5) is 0 Å². The molecule has 2 heteroatoms. The van der Waals surface area contributed by atoms with Crippen molar-refractivity contribution < 1.29 is 9.53 Å². The Labute approximate surface area is 109 Å². The van der Waals surface area contributed by atoms with Gasteiger partial charge in [0.2, 0.25) is 0 Å². The number of Topliss-reactive ketones (excluding diaryl/α,β-unsaturated/α-hetero) is 1. The summed E-state index contributed by atoms with van der Waals surface area (Å²) in [4.78, 5) is 12.6. The highest BCUT2D eigenvalue weighted by Crippen LogP contribution is 2.25. The molecule has 1 fully saturated rings. The maximum atomic E-state index is 12.6. The van der Waals surface area contributed by atoms with E-state index in [-0.39, 0.29) is 17.8 Å². The minimum Gasteiger partial charge on any atom is -0.378 e. The van der Waals surface area contributed by atoms with Crippen LogP contribution in [-0.2, 0) is 17.6 Å². The Balaban J connectivity index is 2.27. The number of rotatable bonds is 4. The van der Waals surface area contributed by atoms with E-state index in [1.165, 1.54) is 5.56 Å². The van der Waals surface area contributed by atoms with E-state index in [4.69, 9.17) is 4.74 Å². The van der Waals surface area contributed by atoms with Crippen LogP contribution in [0.1, 0.15) is 48.7 Å². The van der Waals surface area contributed by atoms with E-state index in [9.17, 15) is 4.79 Å². The van der Waals surface area contributed by atoms with Crippen molar-refractivity contribution in [3.8, 4) is 0 Å². The average molecular weight is 246 g/mol. The SMILES string of the molecule is CCc1ccc(CC)c(C(=O)C2COC(C)C2)c1. The Morgan fingerprint density at radius 3 is 2.67 bits per heavy atom. The molecule has 2 nitrogen and oxygen atoms in total. The molecule has 0 saturated carbocycles. The number of hydrogen-bond donors (Lipinski definition) is 0. The molecule has 2 rings (SSSR count). The number of benzene rings is 1. The molecule has 1 saturated heterocycles. The topological polar surface area (TPSA) is 26.3 Å².